The third kappa shape index (κ3) is 4.63. The Morgan fingerprint density at radius 2 is 1.34 bits per heavy atom. The van der Waals surface area contributed by atoms with E-state index in [0.29, 0.717) is 18.4 Å². The van der Waals surface area contributed by atoms with E-state index in [1.807, 2.05) is 26.0 Å². The molecule has 6 heteroatoms. The van der Waals surface area contributed by atoms with Crippen molar-refractivity contribution < 1.29 is 14.2 Å². The van der Waals surface area contributed by atoms with E-state index in [9.17, 15) is 14.2 Å². The van der Waals surface area contributed by atoms with Gasteiger partial charge in [0.05, 0.1) is 15.6 Å². The van der Waals surface area contributed by atoms with Crippen molar-refractivity contribution in [3.8, 4) is 0 Å². The van der Waals surface area contributed by atoms with E-state index in [-0.39, 0.29) is 21.0 Å². The van der Waals surface area contributed by atoms with E-state index in [1.54, 1.807) is 18.2 Å². The van der Waals surface area contributed by atoms with Crippen molar-refractivity contribution in [1.82, 2.24) is 0 Å². The number of rotatable bonds is 5. The molecule has 1 atom stereocenters. The lowest BCUT2D eigenvalue weighted by Crippen LogP contribution is -2.25. The molecule has 2 aromatic rings. The lowest BCUT2D eigenvalue weighted by Gasteiger charge is -2.30. The molecule has 0 radical (unpaired) electrons. The molecule has 3 nitrogen and oxygen atoms in total. The van der Waals surface area contributed by atoms with Gasteiger partial charge < -0.3 is 4.57 Å². The van der Waals surface area contributed by atoms with Crippen molar-refractivity contribution >= 4 is 41.4 Å². The van der Waals surface area contributed by atoms with Crippen molar-refractivity contribution in [2.75, 3.05) is 0 Å². The summed E-state index contributed by atoms with van der Waals surface area (Å²) in [6.07, 6.45) is 3.91. The van der Waals surface area contributed by atoms with Crippen molar-refractivity contribution in [1.29, 1.82) is 0 Å². The number of halogens is 2. The molecule has 0 spiro atoms. The van der Waals surface area contributed by atoms with E-state index in [4.69, 9.17) is 23.2 Å². The maximum Gasteiger partial charge on any atom is 0.232 e. The summed E-state index contributed by atoms with van der Waals surface area (Å²) in [4.78, 5) is 27.9. The fourth-order valence-corrected chi connectivity index (χ4v) is 8.54. The Balaban J connectivity index is 2.20. The van der Waals surface area contributed by atoms with Crippen LogP contribution >= 0.6 is 30.3 Å². The number of benzene rings is 2. The van der Waals surface area contributed by atoms with Gasteiger partial charge in [-0.1, -0.05) is 81.4 Å². The number of carbonyl (C=O) groups excluding carboxylic acids is 2. The first-order valence-electron chi connectivity index (χ1n) is 11.1. The summed E-state index contributed by atoms with van der Waals surface area (Å²) in [5.41, 5.74) is 1.14. The second-order valence-corrected chi connectivity index (χ2v) is 13.6. The van der Waals surface area contributed by atoms with Crippen molar-refractivity contribution in [2.45, 2.75) is 77.8 Å². The molecular weight excluding hydrogens is 462 g/mol. The predicted octanol–water partition coefficient (Wildman–Crippen LogP) is 8.58. The Kier molecular flexibility index (Phi) is 7.45. The first-order valence-corrected chi connectivity index (χ1v) is 13.7. The molecule has 3 rings (SSSR count). The van der Waals surface area contributed by atoms with Gasteiger partial charge in [-0.15, -0.1) is 0 Å². The summed E-state index contributed by atoms with van der Waals surface area (Å²) in [6, 6.07) is 8.67. The van der Waals surface area contributed by atoms with Crippen LogP contribution in [0.4, 0.5) is 0 Å². The zero-order chi connectivity index (χ0) is 23.8. The van der Waals surface area contributed by atoms with Gasteiger partial charge in [-0.2, -0.15) is 0 Å². The van der Waals surface area contributed by atoms with Crippen LogP contribution in [0.2, 0.25) is 10.0 Å². The molecule has 1 fully saturated rings. The summed E-state index contributed by atoms with van der Waals surface area (Å²) < 4.78 is 14.6. The number of hydrogen-bond donors (Lipinski definition) is 0. The van der Waals surface area contributed by atoms with Gasteiger partial charge in [0, 0.05) is 11.2 Å². The van der Waals surface area contributed by atoms with Crippen molar-refractivity contribution in [3.05, 3.63) is 68.2 Å². The fraction of sp³-hybridized carbons (Fsp3) is 0.462. The number of carbonyl (C=O) groups is 2. The molecule has 2 aromatic carbocycles. The van der Waals surface area contributed by atoms with Gasteiger partial charge in [-0.3, -0.25) is 9.59 Å². The number of aryl methyl sites for hydroxylation is 2. The molecule has 1 aliphatic rings. The Bertz CT molecular complexity index is 1070. The van der Waals surface area contributed by atoms with Gasteiger partial charge in [0.1, 0.15) is 0 Å². The highest BCUT2D eigenvalue weighted by Gasteiger charge is 2.49. The lowest BCUT2D eigenvalue weighted by molar-refractivity contribution is 0.103. The van der Waals surface area contributed by atoms with Crippen LogP contribution in [0.15, 0.2) is 30.3 Å². The second-order valence-electron chi connectivity index (χ2n) is 9.89. The molecule has 1 unspecified atom stereocenters. The topological polar surface area (TPSA) is 51.2 Å². The van der Waals surface area contributed by atoms with Gasteiger partial charge >= 0.3 is 0 Å². The molecule has 0 aromatic heterocycles. The van der Waals surface area contributed by atoms with Gasteiger partial charge in [0.2, 0.25) is 18.2 Å². The zero-order valence-corrected chi connectivity index (χ0v) is 21.8. The third-order valence-corrected chi connectivity index (χ3v) is 10.3. The standard InChI is InChI=1S/C26H31Cl2O3P/c1-16-14-18(26(3,4)5)15-17(2)22(16)24(29)32(31,19-10-7-6-8-11-19)25(30)23-20(27)12-9-13-21(23)28/h9,12-15,19H,6-8,10-11H2,1-5H3. The van der Waals surface area contributed by atoms with E-state index in [0.717, 1.165) is 36.0 Å². The highest BCUT2D eigenvalue weighted by atomic mass is 35.5. The first-order chi connectivity index (χ1) is 14.9. The van der Waals surface area contributed by atoms with Gasteiger partial charge in [-0.25, -0.2) is 0 Å². The molecule has 0 amide bonds. The first kappa shape index (κ1) is 25.2. The lowest BCUT2D eigenvalue weighted by atomic mass is 9.84. The van der Waals surface area contributed by atoms with Crippen LogP contribution in [0.3, 0.4) is 0 Å². The quantitative estimate of drug-likeness (QED) is 0.392. The van der Waals surface area contributed by atoms with Crippen molar-refractivity contribution in [2.24, 2.45) is 0 Å². The normalized spacial score (nSPS) is 17.1. The van der Waals surface area contributed by atoms with Gasteiger partial charge in [0.25, 0.3) is 0 Å². The van der Waals surface area contributed by atoms with Crippen LogP contribution in [-0.4, -0.2) is 16.7 Å². The Morgan fingerprint density at radius 3 is 1.81 bits per heavy atom. The summed E-state index contributed by atoms with van der Waals surface area (Å²) in [6.45, 7) is 10.0. The van der Waals surface area contributed by atoms with Crippen LogP contribution in [0.25, 0.3) is 0 Å². The van der Waals surface area contributed by atoms with Gasteiger partial charge in [-0.05, 0) is 60.9 Å². The summed E-state index contributed by atoms with van der Waals surface area (Å²) in [7, 11) is -4.03. The maximum absolute atomic E-state index is 14.6. The minimum Gasteiger partial charge on any atom is -0.306 e. The molecule has 32 heavy (non-hydrogen) atoms. The molecular formula is C26H31Cl2O3P. The largest absolute Gasteiger partial charge is 0.306 e. The highest BCUT2D eigenvalue weighted by molar-refractivity contribution is 7.96. The SMILES string of the molecule is Cc1cc(C(C)(C)C)cc(C)c1C(=O)P(=O)(C(=O)c1c(Cl)cccc1Cl)C1CCCCC1. The maximum atomic E-state index is 14.6. The minimum absolute atomic E-state index is 0.000270. The smallest absolute Gasteiger partial charge is 0.232 e. The predicted molar refractivity (Wildman–Crippen MR) is 134 cm³/mol. The molecule has 0 N–H and O–H groups in total. The van der Waals surface area contributed by atoms with Gasteiger partial charge in [0.15, 0.2) is 0 Å². The summed E-state index contributed by atoms with van der Waals surface area (Å²) in [5.74, 6) is 0. The van der Waals surface area contributed by atoms with Crippen LogP contribution in [0.1, 0.15) is 90.3 Å². The molecule has 0 bridgehead atoms. The zero-order valence-electron chi connectivity index (χ0n) is 19.4. The highest BCUT2D eigenvalue weighted by Crippen LogP contribution is 2.61. The van der Waals surface area contributed by atoms with Crippen LogP contribution in [0.5, 0.6) is 0 Å². The molecule has 0 aliphatic heterocycles. The molecule has 1 saturated carbocycles. The third-order valence-electron chi connectivity index (χ3n) is 6.48. The molecule has 0 heterocycles. The summed E-state index contributed by atoms with van der Waals surface area (Å²) in [5, 5.41) is 0.255. The summed E-state index contributed by atoms with van der Waals surface area (Å²) >= 11 is 12.6. The molecule has 0 saturated heterocycles. The average molecular weight is 493 g/mol. The number of hydrogen-bond acceptors (Lipinski definition) is 3. The van der Waals surface area contributed by atoms with E-state index < -0.39 is 23.8 Å². The van der Waals surface area contributed by atoms with Crippen LogP contribution < -0.4 is 0 Å². The van der Waals surface area contributed by atoms with Crippen LogP contribution in [0, 0.1) is 13.8 Å². The Hall–Kier alpha value is -1.41. The molecule has 172 valence electrons. The average Bonchev–Trinajstić information content (AvgIpc) is 2.72. The van der Waals surface area contributed by atoms with E-state index in [1.165, 1.54) is 0 Å². The second kappa shape index (κ2) is 9.45. The van der Waals surface area contributed by atoms with E-state index in [2.05, 4.69) is 20.8 Å². The fourth-order valence-electron chi connectivity index (χ4n) is 4.64. The molecule has 1 aliphatic carbocycles. The van der Waals surface area contributed by atoms with Crippen molar-refractivity contribution in [3.63, 3.8) is 0 Å². The Labute approximate surface area is 201 Å². The van der Waals surface area contributed by atoms with Crippen LogP contribution in [-0.2, 0) is 9.98 Å². The monoisotopic (exact) mass is 492 g/mol. The minimum atomic E-state index is -4.03. The Morgan fingerprint density at radius 1 is 0.875 bits per heavy atom. The van der Waals surface area contributed by atoms with E-state index >= 15 is 0 Å².